The SMILES string of the molecule is COc1ccc(C2(C(N)=O)CCN(CCC3(c4ccc(Cl)c(Cl)c4)CCN(C(=O)c4cc(OC)c(OC)c(OC)c4)C3)CC2)cc1. The lowest BCUT2D eigenvalue weighted by Crippen LogP contribution is -2.50. The third-order valence-electron chi connectivity index (χ3n) is 9.82. The first-order valence-corrected chi connectivity index (χ1v) is 16.1. The minimum Gasteiger partial charge on any atom is -0.497 e. The first kappa shape index (κ1) is 33.7. The molecule has 246 valence electrons. The van der Waals surface area contributed by atoms with Crippen LogP contribution in [0.3, 0.4) is 0 Å². The van der Waals surface area contributed by atoms with E-state index in [2.05, 4.69) is 4.90 Å². The van der Waals surface area contributed by atoms with Gasteiger partial charge in [0.05, 0.1) is 43.9 Å². The number of rotatable bonds is 11. The Morgan fingerprint density at radius 2 is 1.41 bits per heavy atom. The van der Waals surface area contributed by atoms with Gasteiger partial charge in [0.25, 0.3) is 5.91 Å². The molecule has 0 spiro atoms. The average Bonchev–Trinajstić information content (AvgIpc) is 3.53. The predicted octanol–water partition coefficient (Wildman–Crippen LogP) is 5.72. The molecule has 2 fully saturated rings. The fraction of sp³-hybridized carbons (Fsp3) is 0.429. The Balaban J connectivity index is 1.35. The van der Waals surface area contributed by atoms with E-state index in [4.69, 9.17) is 47.9 Å². The summed E-state index contributed by atoms with van der Waals surface area (Å²) in [6.45, 7) is 3.30. The van der Waals surface area contributed by atoms with Crippen LogP contribution in [0, 0.1) is 0 Å². The summed E-state index contributed by atoms with van der Waals surface area (Å²) in [6.07, 6.45) is 2.79. The summed E-state index contributed by atoms with van der Waals surface area (Å²) in [7, 11) is 6.21. The smallest absolute Gasteiger partial charge is 0.254 e. The van der Waals surface area contributed by atoms with Gasteiger partial charge in [0.15, 0.2) is 11.5 Å². The second-order valence-corrected chi connectivity index (χ2v) is 12.9. The third-order valence-corrected chi connectivity index (χ3v) is 10.6. The van der Waals surface area contributed by atoms with Crippen molar-refractivity contribution in [3.8, 4) is 23.0 Å². The minimum atomic E-state index is -0.721. The van der Waals surface area contributed by atoms with Crippen molar-refractivity contribution in [3.63, 3.8) is 0 Å². The van der Waals surface area contributed by atoms with E-state index in [1.54, 1.807) is 19.2 Å². The highest BCUT2D eigenvalue weighted by molar-refractivity contribution is 6.42. The molecule has 5 rings (SSSR count). The molecule has 3 aromatic carbocycles. The second-order valence-electron chi connectivity index (χ2n) is 12.1. The summed E-state index contributed by atoms with van der Waals surface area (Å²) in [6, 6.07) is 16.8. The van der Waals surface area contributed by atoms with Crippen LogP contribution in [0.4, 0.5) is 0 Å². The monoisotopic (exact) mass is 669 g/mol. The number of benzene rings is 3. The Labute approximate surface area is 280 Å². The molecule has 2 heterocycles. The topological polar surface area (TPSA) is 104 Å². The van der Waals surface area contributed by atoms with Crippen molar-refractivity contribution in [1.29, 1.82) is 0 Å². The van der Waals surface area contributed by atoms with Crippen LogP contribution in [0.5, 0.6) is 23.0 Å². The van der Waals surface area contributed by atoms with Crippen LogP contribution in [0.15, 0.2) is 54.6 Å². The lowest BCUT2D eigenvalue weighted by Gasteiger charge is -2.41. The maximum Gasteiger partial charge on any atom is 0.254 e. The van der Waals surface area contributed by atoms with E-state index in [0.29, 0.717) is 58.8 Å². The van der Waals surface area contributed by atoms with Gasteiger partial charge in [-0.15, -0.1) is 0 Å². The van der Waals surface area contributed by atoms with Gasteiger partial charge >= 0.3 is 0 Å². The van der Waals surface area contributed by atoms with Gasteiger partial charge in [-0.25, -0.2) is 0 Å². The van der Waals surface area contributed by atoms with Crippen molar-refractivity contribution in [3.05, 3.63) is 81.3 Å². The van der Waals surface area contributed by atoms with Crippen molar-refractivity contribution in [2.24, 2.45) is 5.73 Å². The Morgan fingerprint density at radius 3 is 1.96 bits per heavy atom. The molecule has 9 nitrogen and oxygen atoms in total. The summed E-state index contributed by atoms with van der Waals surface area (Å²) in [5, 5.41) is 0.970. The summed E-state index contributed by atoms with van der Waals surface area (Å²) >= 11 is 12.8. The fourth-order valence-electron chi connectivity index (χ4n) is 6.96. The van der Waals surface area contributed by atoms with Crippen molar-refractivity contribution >= 4 is 35.0 Å². The molecule has 1 atom stereocenters. The van der Waals surface area contributed by atoms with E-state index < -0.39 is 5.41 Å². The third kappa shape index (κ3) is 6.46. The highest BCUT2D eigenvalue weighted by Crippen LogP contribution is 2.43. The molecule has 0 bridgehead atoms. The molecule has 0 saturated carbocycles. The van der Waals surface area contributed by atoms with Crippen LogP contribution >= 0.6 is 23.2 Å². The second kappa shape index (κ2) is 14.0. The Hall–Kier alpha value is -3.66. The first-order chi connectivity index (χ1) is 22.1. The van der Waals surface area contributed by atoms with E-state index >= 15 is 0 Å². The highest BCUT2D eigenvalue weighted by atomic mass is 35.5. The number of likely N-dealkylation sites (tertiary alicyclic amines) is 2. The molecule has 3 aromatic rings. The van der Waals surface area contributed by atoms with Gasteiger partial charge < -0.3 is 34.5 Å². The molecular weight excluding hydrogens is 629 g/mol. The Kier molecular flexibility index (Phi) is 10.2. The number of carbonyl (C=O) groups is 2. The number of amides is 2. The van der Waals surface area contributed by atoms with Crippen molar-refractivity contribution in [2.45, 2.75) is 36.5 Å². The number of ether oxygens (including phenoxy) is 4. The normalized spacial score (nSPS) is 19.5. The van der Waals surface area contributed by atoms with Crippen molar-refractivity contribution in [1.82, 2.24) is 9.80 Å². The molecular formula is C35H41Cl2N3O6. The van der Waals surface area contributed by atoms with Crippen molar-refractivity contribution < 1.29 is 28.5 Å². The van der Waals surface area contributed by atoms with Crippen LogP contribution in [0.1, 0.15) is 47.2 Å². The summed E-state index contributed by atoms with van der Waals surface area (Å²) in [5.41, 5.74) is 7.37. The van der Waals surface area contributed by atoms with E-state index in [-0.39, 0.29) is 17.2 Å². The number of nitrogens with zero attached hydrogens (tertiary/aromatic N) is 2. The van der Waals surface area contributed by atoms with Crippen LogP contribution in [0.25, 0.3) is 0 Å². The molecule has 2 saturated heterocycles. The van der Waals surface area contributed by atoms with E-state index in [9.17, 15) is 9.59 Å². The predicted molar refractivity (Wildman–Crippen MR) is 179 cm³/mol. The van der Waals surface area contributed by atoms with Gasteiger partial charge in [-0.3, -0.25) is 9.59 Å². The highest BCUT2D eigenvalue weighted by Gasteiger charge is 2.44. The molecule has 1 unspecified atom stereocenters. The molecule has 46 heavy (non-hydrogen) atoms. The van der Waals surface area contributed by atoms with Gasteiger partial charge in [0.2, 0.25) is 11.7 Å². The summed E-state index contributed by atoms with van der Waals surface area (Å²) < 4.78 is 21.7. The molecule has 0 aliphatic carbocycles. The zero-order valence-electron chi connectivity index (χ0n) is 26.7. The number of nitrogens with two attached hydrogens (primary N) is 1. The van der Waals surface area contributed by atoms with Crippen molar-refractivity contribution in [2.75, 3.05) is 61.2 Å². The van der Waals surface area contributed by atoms with Gasteiger partial charge in [0, 0.05) is 24.1 Å². The lowest BCUT2D eigenvalue weighted by atomic mass is 9.71. The van der Waals surface area contributed by atoms with Gasteiger partial charge in [-0.2, -0.15) is 0 Å². The summed E-state index contributed by atoms with van der Waals surface area (Å²) in [5.74, 6) is 1.59. The van der Waals surface area contributed by atoms with E-state index in [1.807, 2.05) is 47.4 Å². The average molecular weight is 671 g/mol. The maximum atomic E-state index is 13.9. The standard InChI is InChI=1S/C35H41Cl2N3O6/c1-43-26-8-5-24(6-9-26)35(33(38)42)13-16-39(17-14-35)15-11-34(25-7-10-27(36)28(37)21-25)12-18-40(22-34)32(41)23-19-29(44-2)31(46-4)30(20-23)45-3/h5-10,19-21H,11-18,22H2,1-4H3,(H2,38,42). The Bertz CT molecular complexity index is 1550. The first-order valence-electron chi connectivity index (χ1n) is 15.3. The molecule has 11 heteroatoms. The number of hydrogen-bond donors (Lipinski definition) is 1. The van der Waals surface area contributed by atoms with Crippen LogP contribution in [-0.4, -0.2) is 82.8 Å². The zero-order chi connectivity index (χ0) is 33.1. The number of piperidine rings is 1. The van der Waals surface area contributed by atoms with Gasteiger partial charge in [-0.1, -0.05) is 41.4 Å². The molecule has 2 N–H and O–H groups in total. The lowest BCUT2D eigenvalue weighted by molar-refractivity contribution is -0.125. The number of carbonyl (C=O) groups excluding carboxylic acids is 2. The quantitative estimate of drug-likeness (QED) is 0.279. The number of halogens is 2. The van der Waals surface area contributed by atoms with Crippen LogP contribution in [0.2, 0.25) is 10.0 Å². The molecule has 2 aliphatic rings. The minimum absolute atomic E-state index is 0.120. The number of primary amides is 1. The molecule has 2 amide bonds. The number of methoxy groups -OCH3 is 4. The largest absolute Gasteiger partial charge is 0.497 e. The maximum absolute atomic E-state index is 13.9. The van der Waals surface area contributed by atoms with E-state index in [0.717, 1.165) is 49.4 Å². The Morgan fingerprint density at radius 1 is 0.783 bits per heavy atom. The van der Waals surface area contributed by atoms with Crippen LogP contribution < -0.4 is 24.7 Å². The summed E-state index contributed by atoms with van der Waals surface area (Å²) in [4.78, 5) is 31.0. The number of hydrogen-bond acceptors (Lipinski definition) is 7. The molecule has 0 radical (unpaired) electrons. The zero-order valence-corrected chi connectivity index (χ0v) is 28.2. The van der Waals surface area contributed by atoms with Gasteiger partial charge in [-0.05, 0) is 92.8 Å². The molecule has 2 aliphatic heterocycles. The van der Waals surface area contributed by atoms with E-state index in [1.165, 1.54) is 21.3 Å². The van der Waals surface area contributed by atoms with Crippen LogP contribution in [-0.2, 0) is 15.6 Å². The molecule has 0 aromatic heterocycles. The fourth-order valence-corrected chi connectivity index (χ4v) is 7.26. The van der Waals surface area contributed by atoms with Gasteiger partial charge in [0.1, 0.15) is 5.75 Å².